The first-order chi connectivity index (χ1) is 13.8. The molecule has 0 spiro atoms. The van der Waals surface area contributed by atoms with Gasteiger partial charge in [0.2, 0.25) is 5.76 Å². The number of halogens is 2. The second-order valence-electron chi connectivity index (χ2n) is 5.86. The number of nitrogens with one attached hydrogen (secondary N) is 2. The average molecular weight is 403 g/mol. The molecule has 1 aromatic heterocycles. The van der Waals surface area contributed by atoms with E-state index < -0.39 is 29.9 Å². The number of carbonyl (C=O) groups excluding carboxylic acids is 2. The molecule has 2 rings (SSSR count). The Morgan fingerprint density at radius 2 is 1.83 bits per heavy atom. The molecular formula is C19H15F2N3O5. The molecule has 0 aliphatic carbocycles. The molecule has 10 heteroatoms. The zero-order valence-electron chi connectivity index (χ0n) is 14.9. The van der Waals surface area contributed by atoms with Crippen molar-refractivity contribution in [3.05, 3.63) is 53.4 Å². The van der Waals surface area contributed by atoms with Gasteiger partial charge in [-0.15, -0.1) is 0 Å². The molecule has 0 radical (unpaired) electrons. The standard InChI is InChI=1S/C19H15F2N3O5/c1-19(27,18(20)21)15(17(26)24-28)23-16(25)13-8-6-12(7-9-13)4-2-3-5-14-10-11-22-29-14/h6-11,15,18,27-28H,1H3,(H,23,25)(H,24,26)/t15-,19?/m1/s1. The van der Waals surface area contributed by atoms with Gasteiger partial charge in [0.1, 0.15) is 6.04 Å². The first-order valence-electron chi connectivity index (χ1n) is 8.03. The molecule has 150 valence electrons. The molecule has 2 atom stereocenters. The van der Waals surface area contributed by atoms with Crippen LogP contribution < -0.4 is 10.8 Å². The van der Waals surface area contributed by atoms with Crippen molar-refractivity contribution >= 4 is 11.8 Å². The number of rotatable bonds is 5. The number of aromatic nitrogens is 1. The molecule has 8 nitrogen and oxygen atoms in total. The smallest absolute Gasteiger partial charge is 0.269 e. The summed E-state index contributed by atoms with van der Waals surface area (Å²) in [6.45, 7) is 0.663. The fourth-order valence-corrected chi connectivity index (χ4v) is 2.06. The van der Waals surface area contributed by atoms with E-state index in [-0.39, 0.29) is 5.56 Å². The average Bonchev–Trinajstić information content (AvgIpc) is 3.22. The maximum atomic E-state index is 13.0. The zero-order chi connectivity index (χ0) is 21.4. The summed E-state index contributed by atoms with van der Waals surface area (Å²) in [4.78, 5) is 23.8. The highest BCUT2D eigenvalue weighted by Gasteiger charge is 2.46. The van der Waals surface area contributed by atoms with E-state index in [4.69, 9.17) is 9.73 Å². The Hall–Kier alpha value is -3.73. The van der Waals surface area contributed by atoms with Crippen molar-refractivity contribution in [3.63, 3.8) is 0 Å². The first kappa shape index (κ1) is 21.6. The summed E-state index contributed by atoms with van der Waals surface area (Å²) in [6.07, 6.45) is -1.92. The molecule has 1 unspecified atom stereocenters. The van der Waals surface area contributed by atoms with E-state index >= 15 is 0 Å². The summed E-state index contributed by atoms with van der Waals surface area (Å²) in [5.74, 6) is 8.54. The number of hydrogen-bond donors (Lipinski definition) is 4. The lowest BCUT2D eigenvalue weighted by Crippen LogP contribution is -2.61. The van der Waals surface area contributed by atoms with Crippen molar-refractivity contribution in [1.82, 2.24) is 16.0 Å². The van der Waals surface area contributed by atoms with E-state index in [0.717, 1.165) is 5.48 Å². The maximum absolute atomic E-state index is 13.0. The van der Waals surface area contributed by atoms with Gasteiger partial charge in [-0.1, -0.05) is 11.1 Å². The van der Waals surface area contributed by atoms with Gasteiger partial charge in [0.15, 0.2) is 5.60 Å². The summed E-state index contributed by atoms with van der Waals surface area (Å²) in [7, 11) is 0. The molecule has 0 fully saturated rings. The molecular weight excluding hydrogens is 388 g/mol. The van der Waals surface area contributed by atoms with Crippen LogP contribution in [0.25, 0.3) is 0 Å². The highest BCUT2D eigenvalue weighted by Crippen LogP contribution is 2.20. The normalized spacial score (nSPS) is 13.2. The minimum Gasteiger partial charge on any atom is -0.381 e. The van der Waals surface area contributed by atoms with Gasteiger partial charge in [0.05, 0.1) is 6.20 Å². The van der Waals surface area contributed by atoms with Gasteiger partial charge in [0, 0.05) is 17.2 Å². The van der Waals surface area contributed by atoms with Crippen LogP contribution in [0.5, 0.6) is 0 Å². The number of hydroxylamine groups is 1. The summed E-state index contributed by atoms with van der Waals surface area (Å²) in [5.41, 5.74) is -1.24. The van der Waals surface area contributed by atoms with Crippen LogP contribution in [-0.2, 0) is 4.79 Å². The van der Waals surface area contributed by atoms with Crippen LogP contribution in [-0.4, -0.2) is 45.4 Å². The summed E-state index contributed by atoms with van der Waals surface area (Å²) >= 11 is 0. The van der Waals surface area contributed by atoms with Crippen molar-refractivity contribution in [1.29, 1.82) is 0 Å². The lowest BCUT2D eigenvalue weighted by molar-refractivity contribution is -0.149. The number of aliphatic hydroxyl groups is 1. The van der Waals surface area contributed by atoms with E-state index in [1.165, 1.54) is 30.5 Å². The Morgan fingerprint density at radius 3 is 2.38 bits per heavy atom. The Labute approximate surface area is 163 Å². The molecule has 1 aromatic carbocycles. The monoisotopic (exact) mass is 403 g/mol. The SMILES string of the molecule is CC(O)(C(F)F)[C@H](NC(=O)c1ccc(C#CC#Cc2ccno2)cc1)C(=O)NO. The highest BCUT2D eigenvalue weighted by atomic mass is 19.3. The lowest BCUT2D eigenvalue weighted by atomic mass is 9.95. The zero-order valence-corrected chi connectivity index (χ0v) is 14.9. The van der Waals surface area contributed by atoms with Crippen molar-refractivity contribution in [2.75, 3.05) is 0 Å². The van der Waals surface area contributed by atoms with E-state index in [1.54, 1.807) is 6.07 Å². The topological polar surface area (TPSA) is 125 Å². The number of nitrogens with zero attached hydrogens (tertiary/aromatic N) is 1. The Kier molecular flexibility index (Phi) is 7.04. The Balaban J connectivity index is 2.10. The van der Waals surface area contributed by atoms with E-state index in [0.29, 0.717) is 18.2 Å². The van der Waals surface area contributed by atoms with Crippen molar-refractivity contribution < 1.29 is 33.2 Å². The van der Waals surface area contributed by atoms with Gasteiger partial charge in [-0.25, -0.2) is 14.3 Å². The van der Waals surface area contributed by atoms with Crippen LogP contribution in [0.2, 0.25) is 0 Å². The van der Waals surface area contributed by atoms with E-state index in [9.17, 15) is 23.5 Å². The Morgan fingerprint density at radius 1 is 1.17 bits per heavy atom. The van der Waals surface area contributed by atoms with Gasteiger partial charge >= 0.3 is 0 Å². The minimum absolute atomic E-state index is 0.0177. The number of carbonyl (C=O) groups is 2. The number of benzene rings is 1. The molecule has 0 saturated carbocycles. The van der Waals surface area contributed by atoms with Crippen molar-refractivity contribution in [3.8, 4) is 23.7 Å². The summed E-state index contributed by atoms with van der Waals surface area (Å²) in [5, 5.41) is 24.0. The lowest BCUT2D eigenvalue weighted by Gasteiger charge is -2.30. The van der Waals surface area contributed by atoms with Crippen LogP contribution in [0.4, 0.5) is 8.78 Å². The van der Waals surface area contributed by atoms with Crippen LogP contribution in [0.15, 0.2) is 41.1 Å². The Bertz CT molecular complexity index is 981. The third-order valence-electron chi connectivity index (χ3n) is 3.71. The van der Waals surface area contributed by atoms with E-state index in [2.05, 4.69) is 28.8 Å². The first-order valence-corrected chi connectivity index (χ1v) is 8.03. The summed E-state index contributed by atoms with van der Waals surface area (Å²) < 4.78 is 30.8. The predicted molar refractivity (Wildman–Crippen MR) is 94.5 cm³/mol. The third-order valence-corrected chi connectivity index (χ3v) is 3.71. The summed E-state index contributed by atoms with van der Waals surface area (Å²) in [6, 6.07) is 5.11. The molecule has 2 amide bonds. The van der Waals surface area contributed by atoms with Crippen LogP contribution in [0.3, 0.4) is 0 Å². The molecule has 0 aliphatic rings. The van der Waals surface area contributed by atoms with Crippen LogP contribution in [0.1, 0.15) is 28.6 Å². The molecule has 0 saturated heterocycles. The van der Waals surface area contributed by atoms with Crippen molar-refractivity contribution in [2.45, 2.75) is 25.0 Å². The number of hydrogen-bond acceptors (Lipinski definition) is 6. The maximum Gasteiger partial charge on any atom is 0.269 e. The van der Waals surface area contributed by atoms with Gasteiger partial charge in [-0.3, -0.25) is 14.8 Å². The van der Waals surface area contributed by atoms with Gasteiger partial charge in [0.25, 0.3) is 18.2 Å². The van der Waals surface area contributed by atoms with E-state index in [1.807, 2.05) is 5.32 Å². The fourth-order valence-electron chi connectivity index (χ4n) is 2.06. The molecule has 29 heavy (non-hydrogen) atoms. The second kappa shape index (κ2) is 9.46. The molecule has 1 heterocycles. The molecule has 0 bridgehead atoms. The quantitative estimate of drug-likeness (QED) is 0.331. The molecule has 2 aromatic rings. The number of alkyl halides is 2. The molecule has 4 N–H and O–H groups in total. The molecule has 0 aliphatic heterocycles. The van der Waals surface area contributed by atoms with Gasteiger partial charge < -0.3 is 14.9 Å². The fraction of sp³-hybridized carbons (Fsp3) is 0.211. The van der Waals surface area contributed by atoms with Crippen molar-refractivity contribution in [2.24, 2.45) is 0 Å². The number of amides is 2. The predicted octanol–water partition coefficient (Wildman–Crippen LogP) is 0.698. The largest absolute Gasteiger partial charge is 0.381 e. The minimum atomic E-state index is -3.36. The van der Waals surface area contributed by atoms with Crippen LogP contribution in [0, 0.1) is 23.7 Å². The third kappa shape index (κ3) is 5.62. The second-order valence-corrected chi connectivity index (χ2v) is 5.86. The van der Waals surface area contributed by atoms with Gasteiger partial charge in [-0.05, 0) is 49.0 Å². The highest BCUT2D eigenvalue weighted by molar-refractivity contribution is 5.97. The van der Waals surface area contributed by atoms with Gasteiger partial charge in [-0.2, -0.15) is 0 Å². The van der Waals surface area contributed by atoms with Crippen LogP contribution >= 0.6 is 0 Å².